The molecular weight excluding hydrogens is 422 g/mol. The van der Waals surface area contributed by atoms with Crippen LogP contribution in [0.3, 0.4) is 0 Å². The van der Waals surface area contributed by atoms with Gasteiger partial charge in [0.05, 0.1) is 10.6 Å². The first-order valence-electron chi connectivity index (χ1n) is 10.1. The van der Waals surface area contributed by atoms with E-state index < -0.39 is 10.0 Å². The van der Waals surface area contributed by atoms with E-state index >= 15 is 0 Å². The monoisotopic (exact) mass is 447 g/mol. The Balaban J connectivity index is 1.50. The van der Waals surface area contributed by atoms with Gasteiger partial charge in [-0.1, -0.05) is 17.8 Å². The maximum absolute atomic E-state index is 12.9. The van der Waals surface area contributed by atoms with E-state index in [1.54, 1.807) is 39.8 Å². The van der Waals surface area contributed by atoms with Gasteiger partial charge in [-0.3, -0.25) is 4.79 Å². The average molecular weight is 448 g/mol. The van der Waals surface area contributed by atoms with Gasteiger partial charge >= 0.3 is 0 Å². The first-order chi connectivity index (χ1) is 14.5. The zero-order valence-corrected chi connectivity index (χ0v) is 18.4. The number of rotatable bonds is 7. The van der Waals surface area contributed by atoms with Crippen LogP contribution in [0.2, 0.25) is 0 Å². The highest BCUT2D eigenvalue weighted by Crippen LogP contribution is 2.32. The van der Waals surface area contributed by atoms with Crippen LogP contribution in [0.4, 0.5) is 5.69 Å². The van der Waals surface area contributed by atoms with Crippen molar-refractivity contribution in [2.24, 2.45) is 0 Å². The lowest BCUT2D eigenvalue weighted by molar-refractivity contribution is -0.116. The number of carbonyl (C=O) groups is 1. The summed E-state index contributed by atoms with van der Waals surface area (Å²) in [5.41, 5.74) is 1.72. The molecule has 1 fully saturated rings. The number of sulfonamides is 1. The van der Waals surface area contributed by atoms with Crippen molar-refractivity contribution >= 4 is 33.4 Å². The van der Waals surface area contributed by atoms with Gasteiger partial charge in [0.25, 0.3) is 0 Å². The van der Waals surface area contributed by atoms with Crippen molar-refractivity contribution in [3.8, 4) is 0 Å². The molecule has 2 aliphatic heterocycles. The fourth-order valence-electron chi connectivity index (χ4n) is 3.90. The molecule has 0 bridgehead atoms. The minimum atomic E-state index is -3.46. The number of aromatic nitrogens is 3. The van der Waals surface area contributed by atoms with Crippen molar-refractivity contribution in [3.63, 3.8) is 0 Å². The third-order valence-corrected chi connectivity index (χ3v) is 8.26. The second kappa shape index (κ2) is 8.91. The second-order valence-corrected chi connectivity index (χ2v) is 10.3. The molecule has 2 aliphatic rings. The molecule has 0 spiro atoms. The van der Waals surface area contributed by atoms with Crippen LogP contribution in [0, 0.1) is 0 Å². The van der Waals surface area contributed by atoms with Crippen LogP contribution in [0.25, 0.3) is 0 Å². The van der Waals surface area contributed by atoms with Crippen molar-refractivity contribution in [1.29, 1.82) is 0 Å². The van der Waals surface area contributed by atoms with E-state index in [1.165, 1.54) is 11.8 Å². The number of aryl methyl sites for hydroxylation is 1. The normalized spacial score (nSPS) is 17.1. The summed E-state index contributed by atoms with van der Waals surface area (Å²) in [6.45, 7) is 6.09. The lowest BCUT2D eigenvalue weighted by Crippen LogP contribution is -2.37. The van der Waals surface area contributed by atoms with Crippen LogP contribution in [0.15, 0.2) is 47.2 Å². The molecule has 0 radical (unpaired) electrons. The topological polar surface area (TPSA) is 88.4 Å². The first-order valence-corrected chi connectivity index (χ1v) is 12.5. The summed E-state index contributed by atoms with van der Waals surface area (Å²) >= 11 is 1.34. The highest BCUT2D eigenvalue weighted by Gasteiger charge is 2.29. The predicted molar refractivity (Wildman–Crippen MR) is 116 cm³/mol. The Morgan fingerprint density at radius 3 is 2.77 bits per heavy atom. The molecule has 1 aromatic heterocycles. The largest absolute Gasteiger partial charge is 0.311 e. The van der Waals surface area contributed by atoms with Crippen molar-refractivity contribution in [2.45, 2.75) is 42.3 Å². The molecule has 160 valence electrons. The number of fused-ring (bicyclic) bond motifs is 1. The van der Waals surface area contributed by atoms with Crippen molar-refractivity contribution in [3.05, 3.63) is 42.7 Å². The molecule has 1 aromatic carbocycles. The molecule has 0 atom stereocenters. The molecule has 3 heterocycles. The number of hydrogen-bond acceptors (Lipinski definition) is 6. The van der Waals surface area contributed by atoms with Crippen LogP contribution in [0.1, 0.15) is 24.8 Å². The Bertz CT molecular complexity index is 1040. The van der Waals surface area contributed by atoms with Gasteiger partial charge in [0.1, 0.15) is 6.33 Å². The van der Waals surface area contributed by atoms with Crippen molar-refractivity contribution in [2.75, 3.05) is 30.3 Å². The molecule has 1 amide bonds. The van der Waals surface area contributed by atoms with Gasteiger partial charge in [0.15, 0.2) is 5.16 Å². The van der Waals surface area contributed by atoms with E-state index in [9.17, 15) is 13.2 Å². The van der Waals surface area contributed by atoms with Crippen LogP contribution >= 0.6 is 11.8 Å². The molecule has 4 rings (SSSR count). The van der Waals surface area contributed by atoms with Gasteiger partial charge in [-0.05, 0) is 49.4 Å². The van der Waals surface area contributed by atoms with Crippen molar-refractivity contribution < 1.29 is 13.2 Å². The summed E-state index contributed by atoms with van der Waals surface area (Å²) in [5, 5.41) is 8.62. The van der Waals surface area contributed by atoms with Crippen molar-refractivity contribution in [1.82, 2.24) is 19.1 Å². The van der Waals surface area contributed by atoms with Crippen LogP contribution in [-0.4, -0.2) is 58.8 Å². The fourth-order valence-corrected chi connectivity index (χ4v) is 6.26. The molecule has 0 unspecified atom stereocenters. The number of hydrogen-bond donors (Lipinski definition) is 0. The summed E-state index contributed by atoms with van der Waals surface area (Å²) in [7, 11) is -3.46. The standard InChI is InChI=1S/C20H25N5O3S2/c1-2-9-23-15-21-22-20(23)29-14-19(26)25-12-5-6-16-13-17(7-8-18(16)25)30(27,28)24-10-3-4-11-24/h2,7-8,13,15H,1,3-6,9-12,14H2. The maximum Gasteiger partial charge on any atom is 0.243 e. The summed E-state index contributed by atoms with van der Waals surface area (Å²) in [6, 6.07) is 5.16. The molecule has 30 heavy (non-hydrogen) atoms. The highest BCUT2D eigenvalue weighted by molar-refractivity contribution is 7.99. The Kier molecular flexibility index (Phi) is 6.26. The first kappa shape index (κ1) is 21.1. The Labute approximate surface area is 181 Å². The lowest BCUT2D eigenvalue weighted by atomic mass is 10.0. The number of carbonyl (C=O) groups excluding carboxylic acids is 1. The lowest BCUT2D eigenvalue weighted by Gasteiger charge is -2.30. The van der Waals surface area contributed by atoms with Crippen LogP contribution < -0.4 is 4.90 Å². The average Bonchev–Trinajstić information content (AvgIpc) is 3.44. The number of benzene rings is 1. The number of anilines is 1. The highest BCUT2D eigenvalue weighted by atomic mass is 32.2. The van der Waals surface area contributed by atoms with Gasteiger partial charge in [0, 0.05) is 31.9 Å². The molecular formula is C20H25N5O3S2. The molecule has 10 heteroatoms. The molecule has 0 aliphatic carbocycles. The van der Waals surface area contributed by atoms with E-state index in [0.717, 1.165) is 36.9 Å². The van der Waals surface area contributed by atoms with E-state index in [4.69, 9.17) is 0 Å². The second-order valence-electron chi connectivity index (χ2n) is 7.39. The third kappa shape index (κ3) is 4.17. The van der Waals surface area contributed by atoms with Crippen LogP contribution in [0.5, 0.6) is 0 Å². The smallest absolute Gasteiger partial charge is 0.243 e. The Hall–Kier alpha value is -2.17. The molecule has 1 saturated heterocycles. The van der Waals surface area contributed by atoms with Gasteiger partial charge in [-0.2, -0.15) is 4.31 Å². The number of nitrogens with zero attached hydrogens (tertiary/aromatic N) is 5. The van der Waals surface area contributed by atoms with Gasteiger partial charge in [-0.25, -0.2) is 8.42 Å². The van der Waals surface area contributed by atoms with E-state index in [1.807, 2.05) is 4.57 Å². The minimum absolute atomic E-state index is 0.0238. The predicted octanol–water partition coefficient (Wildman–Crippen LogP) is 2.32. The Morgan fingerprint density at radius 2 is 2.00 bits per heavy atom. The maximum atomic E-state index is 12.9. The van der Waals surface area contributed by atoms with Gasteiger partial charge < -0.3 is 9.47 Å². The Morgan fingerprint density at radius 1 is 1.20 bits per heavy atom. The molecule has 8 nitrogen and oxygen atoms in total. The van der Waals surface area contributed by atoms with Crippen LogP contribution in [-0.2, 0) is 27.8 Å². The van der Waals surface area contributed by atoms with E-state index in [-0.39, 0.29) is 11.7 Å². The van der Waals surface area contributed by atoms with Gasteiger partial charge in [0.2, 0.25) is 15.9 Å². The number of allylic oxidation sites excluding steroid dienone is 1. The quantitative estimate of drug-likeness (QED) is 0.478. The third-order valence-electron chi connectivity index (χ3n) is 5.40. The summed E-state index contributed by atoms with van der Waals surface area (Å²) in [4.78, 5) is 15.0. The number of thioether (sulfide) groups is 1. The van der Waals surface area contributed by atoms with Gasteiger partial charge in [-0.15, -0.1) is 16.8 Å². The van der Waals surface area contributed by atoms with E-state index in [0.29, 0.717) is 36.2 Å². The van der Waals surface area contributed by atoms with E-state index in [2.05, 4.69) is 16.8 Å². The summed E-state index contributed by atoms with van der Waals surface area (Å²) < 4.78 is 29.1. The SMILES string of the molecule is C=CCn1cnnc1SCC(=O)N1CCCc2cc(S(=O)(=O)N3CCCC3)ccc21. The minimum Gasteiger partial charge on any atom is -0.311 e. The molecule has 0 saturated carbocycles. The summed E-state index contributed by atoms with van der Waals surface area (Å²) in [6.07, 6.45) is 6.76. The zero-order chi connectivity index (χ0) is 21.1. The number of amides is 1. The zero-order valence-electron chi connectivity index (χ0n) is 16.7. The summed E-state index contributed by atoms with van der Waals surface area (Å²) in [5.74, 6) is 0.215. The molecule has 0 N–H and O–H groups in total. The fraction of sp³-hybridized carbons (Fsp3) is 0.450. The molecule has 2 aromatic rings.